The van der Waals surface area contributed by atoms with Crippen LogP contribution >= 0.6 is 0 Å². The third-order valence-corrected chi connectivity index (χ3v) is 1.55. The van der Waals surface area contributed by atoms with Crippen LogP contribution in [0, 0.1) is 6.92 Å². The Morgan fingerprint density at radius 2 is 2.27 bits per heavy atom. The van der Waals surface area contributed by atoms with E-state index in [0.717, 1.165) is 5.56 Å². The van der Waals surface area contributed by atoms with Gasteiger partial charge in [-0.15, -0.1) is 0 Å². The summed E-state index contributed by atoms with van der Waals surface area (Å²) in [7, 11) is 0. The molecule has 0 bridgehead atoms. The molecular formula is C8H6O3. The van der Waals surface area contributed by atoms with Gasteiger partial charge < -0.3 is 8.83 Å². The van der Waals surface area contributed by atoms with E-state index in [2.05, 4.69) is 0 Å². The van der Waals surface area contributed by atoms with E-state index in [1.807, 2.05) is 0 Å². The number of rotatable bonds is 0. The van der Waals surface area contributed by atoms with E-state index >= 15 is 0 Å². The lowest BCUT2D eigenvalue weighted by atomic mass is 10.2. The van der Waals surface area contributed by atoms with Crippen LogP contribution in [-0.2, 0) is 0 Å². The molecule has 0 atom stereocenters. The molecule has 0 aromatic rings. The minimum absolute atomic E-state index is 0.329. The molecule has 0 saturated heterocycles. The number of furan rings is 1. The SMILES string of the molecule is Cc1occc2cc(=O)oc1-2. The maximum atomic E-state index is 10.7. The standard InChI is InChI=1S/C8H6O3/c1-5-8-6(2-3-10-5)4-7(9)11-8/h2-4H,1H3. The third-order valence-electron chi connectivity index (χ3n) is 1.55. The van der Waals surface area contributed by atoms with Crippen LogP contribution in [0.25, 0.3) is 11.3 Å². The summed E-state index contributed by atoms with van der Waals surface area (Å²) in [4.78, 5) is 10.7. The third kappa shape index (κ3) is 0.852. The van der Waals surface area contributed by atoms with Gasteiger partial charge in [-0.3, -0.25) is 0 Å². The molecule has 0 amide bonds. The van der Waals surface area contributed by atoms with Crippen molar-refractivity contribution in [3.63, 3.8) is 0 Å². The van der Waals surface area contributed by atoms with Gasteiger partial charge in [-0.2, -0.15) is 0 Å². The molecular weight excluding hydrogens is 144 g/mol. The summed E-state index contributed by atoms with van der Waals surface area (Å²) in [6.45, 7) is 1.76. The Balaban J connectivity index is 2.89. The fraction of sp³-hybridized carbons (Fsp3) is 0.125. The van der Waals surface area contributed by atoms with Crippen molar-refractivity contribution in [2.75, 3.05) is 0 Å². The molecule has 0 N–H and O–H groups in total. The first-order chi connectivity index (χ1) is 5.27. The lowest BCUT2D eigenvalue weighted by Gasteiger charge is -1.96. The molecule has 0 spiro atoms. The topological polar surface area (TPSA) is 43.4 Å². The molecule has 2 aliphatic rings. The highest BCUT2D eigenvalue weighted by Crippen LogP contribution is 2.22. The Labute approximate surface area is 62.6 Å². The number of fused-ring (bicyclic) bond motifs is 1. The van der Waals surface area contributed by atoms with Gasteiger partial charge in [0.1, 0.15) is 5.76 Å². The summed E-state index contributed by atoms with van der Waals surface area (Å²) in [5.74, 6) is 1.17. The summed E-state index contributed by atoms with van der Waals surface area (Å²) in [6, 6.07) is 3.14. The Bertz CT molecular complexity index is 396. The van der Waals surface area contributed by atoms with Gasteiger partial charge in [0, 0.05) is 11.6 Å². The summed E-state index contributed by atoms with van der Waals surface area (Å²) >= 11 is 0. The zero-order chi connectivity index (χ0) is 7.84. The molecule has 0 saturated carbocycles. The predicted octanol–water partition coefficient (Wildman–Crippen LogP) is 1.65. The molecule has 0 aromatic carbocycles. The monoisotopic (exact) mass is 150 g/mol. The van der Waals surface area contributed by atoms with Crippen molar-refractivity contribution < 1.29 is 8.83 Å². The van der Waals surface area contributed by atoms with E-state index in [0.29, 0.717) is 11.5 Å². The minimum atomic E-state index is -0.329. The minimum Gasteiger partial charge on any atom is -0.466 e. The Kier molecular flexibility index (Phi) is 1.12. The average molecular weight is 150 g/mol. The lowest BCUT2D eigenvalue weighted by molar-refractivity contribution is 0.470. The molecule has 3 heteroatoms. The molecule has 0 aliphatic carbocycles. The average Bonchev–Trinajstić information content (AvgIpc) is 2.31. The maximum absolute atomic E-state index is 10.7. The van der Waals surface area contributed by atoms with Gasteiger partial charge in [-0.1, -0.05) is 0 Å². The van der Waals surface area contributed by atoms with Crippen molar-refractivity contribution >= 4 is 0 Å². The largest absolute Gasteiger partial charge is 0.466 e. The van der Waals surface area contributed by atoms with Gasteiger partial charge in [0.25, 0.3) is 0 Å². The second-order valence-corrected chi connectivity index (χ2v) is 2.33. The van der Waals surface area contributed by atoms with Gasteiger partial charge in [0.2, 0.25) is 0 Å². The Morgan fingerprint density at radius 1 is 1.45 bits per heavy atom. The van der Waals surface area contributed by atoms with Crippen LogP contribution in [0.1, 0.15) is 5.76 Å². The maximum Gasteiger partial charge on any atom is 0.337 e. The number of aryl methyl sites for hydroxylation is 1. The molecule has 56 valence electrons. The van der Waals surface area contributed by atoms with Crippen LogP contribution in [0.15, 0.2) is 32.0 Å². The molecule has 2 rings (SSSR count). The Morgan fingerprint density at radius 3 is 3.00 bits per heavy atom. The molecule has 2 aliphatic heterocycles. The van der Waals surface area contributed by atoms with E-state index in [1.54, 1.807) is 13.0 Å². The number of hydrogen-bond donors (Lipinski definition) is 0. The Hall–Kier alpha value is -1.51. The first kappa shape index (κ1) is 6.22. The van der Waals surface area contributed by atoms with E-state index in [1.165, 1.54) is 12.3 Å². The van der Waals surface area contributed by atoms with Crippen LogP contribution in [0.2, 0.25) is 0 Å². The number of hydrogen-bond acceptors (Lipinski definition) is 3. The highest BCUT2D eigenvalue weighted by molar-refractivity contribution is 5.59. The highest BCUT2D eigenvalue weighted by Gasteiger charge is 2.11. The first-order valence-corrected chi connectivity index (χ1v) is 3.25. The van der Waals surface area contributed by atoms with Crippen molar-refractivity contribution in [2.24, 2.45) is 0 Å². The van der Waals surface area contributed by atoms with Crippen molar-refractivity contribution in [3.05, 3.63) is 34.6 Å². The van der Waals surface area contributed by atoms with Gasteiger partial charge in [0.15, 0.2) is 5.76 Å². The van der Waals surface area contributed by atoms with Crippen LogP contribution in [0.3, 0.4) is 0 Å². The quantitative estimate of drug-likeness (QED) is 0.573. The van der Waals surface area contributed by atoms with Crippen LogP contribution in [0.5, 0.6) is 0 Å². The summed E-state index contributed by atoms with van der Waals surface area (Å²) < 4.78 is 9.87. The van der Waals surface area contributed by atoms with Crippen molar-refractivity contribution in [3.8, 4) is 11.3 Å². The first-order valence-electron chi connectivity index (χ1n) is 3.25. The van der Waals surface area contributed by atoms with E-state index in [4.69, 9.17) is 8.83 Å². The summed E-state index contributed by atoms with van der Waals surface area (Å²) in [6.07, 6.45) is 1.53. The fourth-order valence-electron chi connectivity index (χ4n) is 1.04. The van der Waals surface area contributed by atoms with Crippen LogP contribution in [0.4, 0.5) is 0 Å². The van der Waals surface area contributed by atoms with Gasteiger partial charge in [-0.25, -0.2) is 4.79 Å². The second kappa shape index (κ2) is 1.99. The molecule has 2 heterocycles. The van der Waals surface area contributed by atoms with Crippen molar-refractivity contribution in [2.45, 2.75) is 6.92 Å². The van der Waals surface area contributed by atoms with Crippen LogP contribution < -0.4 is 5.63 Å². The molecule has 0 aromatic heterocycles. The van der Waals surface area contributed by atoms with Crippen molar-refractivity contribution in [1.29, 1.82) is 0 Å². The molecule has 0 unspecified atom stereocenters. The fourth-order valence-corrected chi connectivity index (χ4v) is 1.04. The summed E-state index contributed by atoms with van der Waals surface area (Å²) in [5.41, 5.74) is 0.461. The lowest BCUT2D eigenvalue weighted by Crippen LogP contribution is -1.84. The van der Waals surface area contributed by atoms with Gasteiger partial charge in [0.05, 0.1) is 6.26 Å². The molecule has 11 heavy (non-hydrogen) atoms. The molecule has 3 nitrogen and oxygen atoms in total. The van der Waals surface area contributed by atoms with E-state index < -0.39 is 0 Å². The summed E-state index contributed by atoms with van der Waals surface area (Å²) in [5, 5.41) is 0. The molecule has 0 radical (unpaired) electrons. The second-order valence-electron chi connectivity index (χ2n) is 2.33. The van der Waals surface area contributed by atoms with Crippen LogP contribution in [-0.4, -0.2) is 0 Å². The molecule has 0 fully saturated rings. The predicted molar refractivity (Wildman–Crippen MR) is 38.6 cm³/mol. The van der Waals surface area contributed by atoms with Gasteiger partial charge in [-0.05, 0) is 13.0 Å². The smallest absolute Gasteiger partial charge is 0.337 e. The zero-order valence-corrected chi connectivity index (χ0v) is 5.96. The highest BCUT2D eigenvalue weighted by atomic mass is 16.4. The normalized spacial score (nSPS) is 10.6. The zero-order valence-electron chi connectivity index (χ0n) is 5.96. The van der Waals surface area contributed by atoms with Crippen molar-refractivity contribution in [1.82, 2.24) is 0 Å². The van der Waals surface area contributed by atoms with Gasteiger partial charge >= 0.3 is 5.63 Å². The van der Waals surface area contributed by atoms with E-state index in [9.17, 15) is 4.79 Å². The van der Waals surface area contributed by atoms with E-state index in [-0.39, 0.29) is 5.63 Å².